The van der Waals surface area contributed by atoms with Gasteiger partial charge in [0.1, 0.15) is 0 Å². The van der Waals surface area contributed by atoms with Gasteiger partial charge in [0.25, 0.3) is 5.69 Å². The molecule has 0 fully saturated rings. The van der Waals surface area contributed by atoms with Gasteiger partial charge in [-0.1, -0.05) is 12.1 Å². The first kappa shape index (κ1) is 12.3. The van der Waals surface area contributed by atoms with Crippen molar-refractivity contribution in [2.45, 2.75) is 13.0 Å². The fourth-order valence-corrected chi connectivity index (χ4v) is 1.75. The first-order chi connectivity index (χ1) is 8.69. The van der Waals surface area contributed by atoms with Gasteiger partial charge in [0.05, 0.1) is 16.9 Å². The summed E-state index contributed by atoms with van der Waals surface area (Å²) in [7, 11) is 0. The molecule has 0 spiro atoms. The van der Waals surface area contributed by atoms with Gasteiger partial charge in [-0.15, -0.1) is 0 Å². The molecule has 0 radical (unpaired) electrons. The van der Waals surface area contributed by atoms with Crippen LogP contribution in [0.25, 0.3) is 0 Å². The molecular formula is C12H14N4O2. The van der Waals surface area contributed by atoms with E-state index in [-0.39, 0.29) is 5.69 Å². The fourth-order valence-electron chi connectivity index (χ4n) is 1.75. The van der Waals surface area contributed by atoms with Crippen molar-refractivity contribution in [2.24, 2.45) is 5.73 Å². The Morgan fingerprint density at radius 2 is 2.28 bits per heavy atom. The number of rotatable bonds is 5. The maximum absolute atomic E-state index is 10.7. The highest BCUT2D eigenvalue weighted by atomic mass is 16.6. The van der Waals surface area contributed by atoms with Crippen molar-refractivity contribution in [1.82, 2.24) is 9.55 Å². The van der Waals surface area contributed by atoms with Crippen molar-refractivity contribution >= 4 is 5.69 Å². The number of non-ortho nitro benzene ring substituents is 1. The van der Waals surface area contributed by atoms with E-state index < -0.39 is 4.92 Å². The Hall–Kier alpha value is -2.21. The molecule has 2 N–H and O–H groups in total. The van der Waals surface area contributed by atoms with Crippen LogP contribution in [0, 0.1) is 10.1 Å². The smallest absolute Gasteiger partial charge is 0.269 e. The monoisotopic (exact) mass is 246 g/mol. The highest BCUT2D eigenvalue weighted by molar-refractivity contribution is 5.34. The van der Waals surface area contributed by atoms with E-state index in [0.717, 1.165) is 17.7 Å². The summed E-state index contributed by atoms with van der Waals surface area (Å²) in [5, 5.41) is 10.7. The highest BCUT2D eigenvalue weighted by Gasteiger charge is 2.06. The molecule has 0 amide bonds. The number of nitro groups is 1. The fraction of sp³-hybridized carbons (Fsp3) is 0.250. The summed E-state index contributed by atoms with van der Waals surface area (Å²) in [4.78, 5) is 14.5. The highest BCUT2D eigenvalue weighted by Crippen LogP contribution is 2.14. The van der Waals surface area contributed by atoms with Gasteiger partial charge in [-0.25, -0.2) is 4.98 Å². The first-order valence-corrected chi connectivity index (χ1v) is 5.63. The Bertz CT molecular complexity index is 551. The summed E-state index contributed by atoms with van der Waals surface area (Å²) in [6.07, 6.45) is 4.36. The van der Waals surface area contributed by atoms with E-state index in [1.165, 1.54) is 6.07 Å². The molecule has 1 aromatic heterocycles. The summed E-state index contributed by atoms with van der Waals surface area (Å²) < 4.78 is 1.89. The quantitative estimate of drug-likeness (QED) is 0.637. The molecular weight excluding hydrogens is 232 g/mol. The lowest BCUT2D eigenvalue weighted by atomic mass is 10.2. The lowest BCUT2D eigenvalue weighted by Gasteiger charge is -2.02. The second kappa shape index (κ2) is 5.42. The average Bonchev–Trinajstić information content (AvgIpc) is 2.77. The molecule has 0 aliphatic heterocycles. The van der Waals surface area contributed by atoms with Gasteiger partial charge in [0.2, 0.25) is 0 Å². The lowest BCUT2D eigenvalue weighted by Crippen LogP contribution is -2.03. The third kappa shape index (κ3) is 2.92. The second-order valence-corrected chi connectivity index (χ2v) is 4.00. The Morgan fingerprint density at radius 3 is 3.00 bits per heavy atom. The molecule has 6 nitrogen and oxygen atoms in total. The van der Waals surface area contributed by atoms with Gasteiger partial charge < -0.3 is 10.3 Å². The molecule has 1 aromatic carbocycles. The number of hydrogen-bond acceptors (Lipinski definition) is 4. The van der Waals surface area contributed by atoms with Crippen molar-refractivity contribution in [3.8, 4) is 0 Å². The molecule has 0 unspecified atom stereocenters. The molecule has 2 rings (SSSR count). The van der Waals surface area contributed by atoms with Gasteiger partial charge in [0, 0.05) is 31.3 Å². The van der Waals surface area contributed by atoms with Crippen LogP contribution in [0.5, 0.6) is 0 Å². The Balaban J connectivity index is 2.12. The zero-order chi connectivity index (χ0) is 13.0. The van der Waals surface area contributed by atoms with Crippen LogP contribution in [-0.2, 0) is 13.0 Å². The number of benzene rings is 1. The normalized spacial score (nSPS) is 10.5. The van der Waals surface area contributed by atoms with Crippen molar-refractivity contribution in [2.75, 3.05) is 6.54 Å². The Labute approximate surface area is 104 Å². The molecule has 0 bridgehead atoms. The van der Waals surface area contributed by atoms with Crippen LogP contribution in [0.2, 0.25) is 0 Å². The van der Waals surface area contributed by atoms with E-state index >= 15 is 0 Å². The topological polar surface area (TPSA) is 87.0 Å². The number of nitrogens with two attached hydrogens (primary N) is 1. The predicted molar refractivity (Wildman–Crippen MR) is 67.2 cm³/mol. The molecule has 1 heterocycles. The zero-order valence-corrected chi connectivity index (χ0v) is 9.82. The molecule has 6 heteroatoms. The van der Waals surface area contributed by atoms with Gasteiger partial charge in [0.15, 0.2) is 0 Å². The SMILES string of the molecule is NCCc1cn(Cc2cccc([N+](=O)[O-])c2)cn1. The molecule has 0 saturated carbocycles. The third-order valence-corrected chi connectivity index (χ3v) is 2.57. The number of aromatic nitrogens is 2. The first-order valence-electron chi connectivity index (χ1n) is 5.63. The van der Waals surface area contributed by atoms with Gasteiger partial charge >= 0.3 is 0 Å². The molecule has 0 atom stereocenters. The maximum atomic E-state index is 10.7. The largest absolute Gasteiger partial charge is 0.333 e. The summed E-state index contributed by atoms with van der Waals surface area (Å²) >= 11 is 0. The minimum atomic E-state index is -0.392. The minimum Gasteiger partial charge on any atom is -0.333 e. The molecule has 0 aliphatic rings. The van der Waals surface area contributed by atoms with Crippen molar-refractivity contribution < 1.29 is 4.92 Å². The number of nitrogens with zero attached hydrogens (tertiary/aromatic N) is 3. The maximum Gasteiger partial charge on any atom is 0.269 e. The van der Waals surface area contributed by atoms with Crippen molar-refractivity contribution in [3.63, 3.8) is 0 Å². The van der Waals surface area contributed by atoms with Crippen LogP contribution < -0.4 is 5.73 Å². The van der Waals surface area contributed by atoms with Gasteiger partial charge in [-0.3, -0.25) is 10.1 Å². The average molecular weight is 246 g/mol. The zero-order valence-electron chi connectivity index (χ0n) is 9.82. The van der Waals surface area contributed by atoms with Crippen LogP contribution in [0.15, 0.2) is 36.8 Å². The number of hydrogen-bond donors (Lipinski definition) is 1. The van der Waals surface area contributed by atoms with E-state index in [1.54, 1.807) is 18.5 Å². The van der Waals surface area contributed by atoms with Crippen molar-refractivity contribution in [3.05, 3.63) is 58.2 Å². The van der Waals surface area contributed by atoms with E-state index in [9.17, 15) is 10.1 Å². The van der Waals surface area contributed by atoms with E-state index in [0.29, 0.717) is 13.1 Å². The van der Waals surface area contributed by atoms with Crippen LogP contribution in [-0.4, -0.2) is 21.0 Å². The molecule has 0 aliphatic carbocycles. The summed E-state index contributed by atoms with van der Waals surface area (Å²) in [5.74, 6) is 0. The number of imidazole rings is 1. The van der Waals surface area contributed by atoms with Crippen molar-refractivity contribution in [1.29, 1.82) is 0 Å². The van der Waals surface area contributed by atoms with Crippen LogP contribution in [0.3, 0.4) is 0 Å². The summed E-state index contributed by atoms with van der Waals surface area (Å²) in [6.45, 7) is 1.13. The third-order valence-electron chi connectivity index (χ3n) is 2.57. The minimum absolute atomic E-state index is 0.106. The van der Waals surface area contributed by atoms with Gasteiger partial charge in [-0.05, 0) is 12.1 Å². The second-order valence-electron chi connectivity index (χ2n) is 4.00. The van der Waals surface area contributed by atoms with E-state index in [2.05, 4.69) is 4.98 Å². The Kier molecular flexibility index (Phi) is 3.69. The van der Waals surface area contributed by atoms with Crippen LogP contribution in [0.4, 0.5) is 5.69 Å². The number of nitro benzene ring substituents is 1. The van der Waals surface area contributed by atoms with Crippen LogP contribution >= 0.6 is 0 Å². The van der Waals surface area contributed by atoms with E-state index in [1.807, 2.05) is 16.8 Å². The van der Waals surface area contributed by atoms with Gasteiger partial charge in [-0.2, -0.15) is 0 Å². The molecule has 0 saturated heterocycles. The standard InChI is InChI=1S/C12H14N4O2/c13-5-4-11-8-15(9-14-11)7-10-2-1-3-12(6-10)16(17)18/h1-3,6,8-9H,4-5,7,13H2. The predicted octanol–water partition coefficient (Wildman–Crippen LogP) is 1.34. The summed E-state index contributed by atoms with van der Waals surface area (Å²) in [6, 6.07) is 6.60. The molecule has 94 valence electrons. The van der Waals surface area contributed by atoms with Crippen LogP contribution in [0.1, 0.15) is 11.3 Å². The Morgan fingerprint density at radius 1 is 1.44 bits per heavy atom. The lowest BCUT2D eigenvalue weighted by molar-refractivity contribution is -0.384. The van der Waals surface area contributed by atoms with E-state index in [4.69, 9.17) is 5.73 Å². The summed E-state index contributed by atoms with van der Waals surface area (Å²) in [5.41, 5.74) is 7.37. The molecule has 18 heavy (non-hydrogen) atoms. The molecule has 2 aromatic rings.